The second-order valence-electron chi connectivity index (χ2n) is 10.4. The maximum absolute atomic E-state index is 14.0. The van der Waals surface area contributed by atoms with Gasteiger partial charge in [-0.05, 0) is 43.2 Å². The lowest BCUT2D eigenvalue weighted by Crippen LogP contribution is -2.53. The van der Waals surface area contributed by atoms with Crippen LogP contribution in [0.2, 0.25) is 0 Å². The first-order valence-electron chi connectivity index (χ1n) is 13.4. The molecule has 43 heavy (non-hydrogen) atoms. The van der Waals surface area contributed by atoms with Gasteiger partial charge in [0.15, 0.2) is 9.84 Å². The van der Waals surface area contributed by atoms with Crippen molar-refractivity contribution in [3.05, 3.63) is 46.5 Å². The van der Waals surface area contributed by atoms with Gasteiger partial charge in [-0.1, -0.05) is 6.92 Å². The highest BCUT2D eigenvalue weighted by molar-refractivity contribution is 7.91. The molecule has 16 heteroatoms. The van der Waals surface area contributed by atoms with Gasteiger partial charge in [0.1, 0.15) is 10.4 Å². The summed E-state index contributed by atoms with van der Waals surface area (Å²) < 4.78 is 67.8. The largest absolute Gasteiger partial charge is 0.465 e. The molecular weight excluding hydrogens is 609 g/mol. The molecule has 11 nitrogen and oxygen atoms in total. The molecule has 0 saturated carbocycles. The third-order valence-electron chi connectivity index (χ3n) is 7.54. The van der Waals surface area contributed by atoms with E-state index in [1.807, 2.05) is 26.0 Å². The SMILES string of the molecule is CCc1cc(N2CCN(C(=O)O)C[C@@H]2C)ccc1Nc1ncc(C(F)(F)F)c(-c2cc3c(s2)C(=O)N(C)CCS3(=O)=O)n1. The highest BCUT2D eigenvalue weighted by Gasteiger charge is 2.38. The Morgan fingerprint density at radius 3 is 2.60 bits per heavy atom. The van der Waals surface area contributed by atoms with Crippen molar-refractivity contribution in [2.24, 2.45) is 0 Å². The summed E-state index contributed by atoms with van der Waals surface area (Å²) in [5.74, 6) is -1.06. The molecule has 2 amide bonds. The Kier molecular flexibility index (Phi) is 8.02. The first kappa shape index (κ1) is 30.5. The van der Waals surface area contributed by atoms with Gasteiger partial charge in [-0.25, -0.2) is 23.2 Å². The van der Waals surface area contributed by atoms with Gasteiger partial charge < -0.3 is 25.1 Å². The summed E-state index contributed by atoms with van der Waals surface area (Å²) in [7, 11) is -2.46. The van der Waals surface area contributed by atoms with Crippen LogP contribution in [0.3, 0.4) is 0 Å². The van der Waals surface area contributed by atoms with E-state index in [2.05, 4.69) is 20.2 Å². The minimum Gasteiger partial charge on any atom is -0.465 e. The van der Waals surface area contributed by atoms with E-state index in [0.29, 0.717) is 49.3 Å². The molecule has 2 aromatic heterocycles. The average Bonchev–Trinajstić information content (AvgIpc) is 3.39. The van der Waals surface area contributed by atoms with Crippen LogP contribution in [0.25, 0.3) is 10.6 Å². The van der Waals surface area contributed by atoms with Crippen molar-refractivity contribution >= 4 is 50.5 Å². The molecule has 1 fully saturated rings. The second-order valence-corrected chi connectivity index (χ2v) is 13.5. The monoisotopic (exact) mass is 638 g/mol. The first-order valence-corrected chi connectivity index (χ1v) is 15.9. The van der Waals surface area contributed by atoms with Crippen molar-refractivity contribution in [2.75, 3.05) is 49.2 Å². The third-order valence-corrected chi connectivity index (χ3v) is 10.5. The van der Waals surface area contributed by atoms with Crippen LogP contribution in [0.5, 0.6) is 0 Å². The van der Waals surface area contributed by atoms with Gasteiger partial charge in [0.05, 0.1) is 21.2 Å². The Bertz CT molecular complexity index is 1690. The number of aryl methyl sites for hydroxylation is 1. The molecule has 0 radical (unpaired) electrons. The number of benzene rings is 1. The second kappa shape index (κ2) is 11.3. The topological polar surface area (TPSA) is 136 Å². The van der Waals surface area contributed by atoms with E-state index in [0.717, 1.165) is 17.3 Å². The maximum atomic E-state index is 14.0. The molecule has 5 rings (SSSR count). The van der Waals surface area contributed by atoms with Crippen molar-refractivity contribution in [1.82, 2.24) is 19.8 Å². The van der Waals surface area contributed by atoms with E-state index >= 15 is 0 Å². The van der Waals surface area contributed by atoms with Gasteiger partial charge in [-0.2, -0.15) is 13.2 Å². The maximum Gasteiger partial charge on any atom is 0.420 e. The molecule has 1 saturated heterocycles. The Labute approximate surface area is 249 Å². The molecule has 0 unspecified atom stereocenters. The van der Waals surface area contributed by atoms with Crippen LogP contribution < -0.4 is 10.2 Å². The number of aromatic nitrogens is 2. The lowest BCUT2D eigenvalue weighted by molar-refractivity contribution is -0.137. The highest BCUT2D eigenvalue weighted by atomic mass is 32.2. The number of nitrogens with one attached hydrogen (secondary N) is 1. The minimum absolute atomic E-state index is 0.0245. The van der Waals surface area contributed by atoms with Crippen LogP contribution in [-0.2, 0) is 22.4 Å². The number of sulfone groups is 1. The molecule has 2 aliphatic heterocycles. The average molecular weight is 639 g/mol. The van der Waals surface area contributed by atoms with Crippen LogP contribution in [0.15, 0.2) is 35.4 Å². The van der Waals surface area contributed by atoms with Gasteiger partial charge in [0.25, 0.3) is 5.91 Å². The zero-order valence-electron chi connectivity index (χ0n) is 23.5. The fourth-order valence-corrected chi connectivity index (χ4v) is 8.19. The van der Waals surface area contributed by atoms with E-state index in [-0.39, 0.29) is 38.9 Å². The minimum atomic E-state index is -4.84. The Morgan fingerprint density at radius 1 is 1.21 bits per heavy atom. The van der Waals surface area contributed by atoms with Crippen molar-refractivity contribution < 1.29 is 36.3 Å². The van der Waals surface area contributed by atoms with Gasteiger partial charge >= 0.3 is 12.3 Å². The molecule has 2 N–H and O–H groups in total. The number of halogens is 3. The Hall–Kier alpha value is -3.92. The molecule has 0 bridgehead atoms. The first-order chi connectivity index (χ1) is 20.2. The number of anilines is 3. The predicted octanol–water partition coefficient (Wildman–Crippen LogP) is 4.58. The summed E-state index contributed by atoms with van der Waals surface area (Å²) in [6, 6.07) is 6.56. The fourth-order valence-electron chi connectivity index (χ4n) is 5.16. The lowest BCUT2D eigenvalue weighted by Gasteiger charge is -2.40. The molecule has 4 heterocycles. The number of carboxylic acid groups (broad SMARTS) is 1. The number of hydrogen-bond acceptors (Lipinski definition) is 9. The Balaban J connectivity index is 1.50. The van der Waals surface area contributed by atoms with Crippen molar-refractivity contribution in [1.29, 1.82) is 0 Å². The number of amides is 2. The predicted molar refractivity (Wildman–Crippen MR) is 155 cm³/mol. The van der Waals surface area contributed by atoms with Crippen molar-refractivity contribution in [3.8, 4) is 10.6 Å². The van der Waals surface area contributed by atoms with Gasteiger partial charge in [-0.15, -0.1) is 11.3 Å². The van der Waals surface area contributed by atoms with Crippen LogP contribution in [-0.4, -0.2) is 90.3 Å². The number of carbonyl (C=O) groups is 2. The molecule has 1 atom stereocenters. The number of nitrogens with zero attached hydrogens (tertiary/aromatic N) is 5. The fraction of sp³-hybridized carbons (Fsp3) is 0.407. The number of rotatable bonds is 5. The molecule has 3 aromatic rings. The number of hydrogen-bond donors (Lipinski definition) is 2. The van der Waals surface area contributed by atoms with Gasteiger partial charge in [-0.3, -0.25) is 4.79 Å². The zero-order valence-corrected chi connectivity index (χ0v) is 25.1. The lowest BCUT2D eigenvalue weighted by atomic mass is 10.1. The molecular formula is C27H29F3N6O5S2. The number of carbonyl (C=O) groups excluding carboxylic acids is 1. The zero-order chi connectivity index (χ0) is 31.3. The van der Waals surface area contributed by atoms with Crippen LogP contribution in [0, 0.1) is 0 Å². The third kappa shape index (κ3) is 5.98. The molecule has 1 aromatic carbocycles. The summed E-state index contributed by atoms with van der Waals surface area (Å²) in [5, 5.41) is 12.3. The van der Waals surface area contributed by atoms with Crippen LogP contribution in [0.4, 0.5) is 35.3 Å². The summed E-state index contributed by atoms with van der Waals surface area (Å²) >= 11 is 0.655. The number of piperazine rings is 1. The summed E-state index contributed by atoms with van der Waals surface area (Å²) in [6.07, 6.45) is -4.60. The quantitative estimate of drug-likeness (QED) is 0.412. The van der Waals surface area contributed by atoms with E-state index in [1.165, 1.54) is 16.8 Å². The smallest absolute Gasteiger partial charge is 0.420 e. The standard InChI is InChI=1S/C27H29F3N6O5S2/c1-4-16-11-17(36-8-7-35(26(38)39)14-15(36)2)5-6-19(16)32-25-31-13-18(27(28,29)30)22(33-25)20-12-21-23(42-20)24(37)34(3)9-10-43(21,40)41/h5-6,11-13,15H,4,7-10,14H2,1-3H3,(H,38,39)(H,31,32,33)/t15-/m0/s1. The van der Waals surface area contributed by atoms with E-state index < -0.39 is 39.3 Å². The summed E-state index contributed by atoms with van der Waals surface area (Å²) in [4.78, 5) is 36.4. The van der Waals surface area contributed by atoms with Gasteiger partial charge in [0, 0.05) is 56.8 Å². The molecule has 230 valence electrons. The highest BCUT2D eigenvalue weighted by Crippen LogP contribution is 2.42. The van der Waals surface area contributed by atoms with Crippen molar-refractivity contribution in [3.63, 3.8) is 0 Å². The van der Waals surface area contributed by atoms with E-state index in [9.17, 15) is 36.3 Å². The number of fused-ring (bicyclic) bond motifs is 1. The molecule has 0 spiro atoms. The van der Waals surface area contributed by atoms with Crippen molar-refractivity contribution in [2.45, 2.75) is 37.4 Å². The van der Waals surface area contributed by atoms with Gasteiger partial charge in [0.2, 0.25) is 5.95 Å². The van der Waals surface area contributed by atoms with E-state index in [4.69, 9.17) is 0 Å². The number of thiophene rings is 1. The summed E-state index contributed by atoms with van der Waals surface area (Å²) in [5.41, 5.74) is 0.583. The summed E-state index contributed by atoms with van der Waals surface area (Å²) in [6.45, 7) is 5.05. The van der Waals surface area contributed by atoms with Crippen LogP contribution >= 0.6 is 11.3 Å². The molecule has 2 aliphatic rings. The number of alkyl halides is 3. The normalized spacial score (nSPS) is 18.8. The van der Waals surface area contributed by atoms with E-state index in [1.54, 1.807) is 6.07 Å². The van der Waals surface area contributed by atoms with Crippen LogP contribution in [0.1, 0.15) is 34.6 Å². The molecule has 0 aliphatic carbocycles. The Morgan fingerprint density at radius 2 is 1.95 bits per heavy atom.